The third-order valence-electron chi connectivity index (χ3n) is 2.03. The zero-order valence-electron chi connectivity index (χ0n) is 8.51. The molecule has 5 heteroatoms. The molecule has 0 aliphatic heterocycles. The van der Waals surface area contributed by atoms with Gasteiger partial charge in [0.05, 0.1) is 0 Å². The first kappa shape index (κ1) is 9.79. The van der Waals surface area contributed by atoms with E-state index >= 15 is 0 Å². The maximum Gasteiger partial charge on any atom is 0.276 e. The summed E-state index contributed by atoms with van der Waals surface area (Å²) in [6.07, 6.45) is 0.931. The molecule has 2 rings (SSSR count). The van der Waals surface area contributed by atoms with Crippen LogP contribution < -0.4 is 0 Å². The number of aromatic nitrogens is 3. The lowest BCUT2D eigenvalue weighted by Crippen LogP contribution is -1.93. The molecule has 2 aromatic heterocycles. The Bertz CT molecular complexity index is 465. The Morgan fingerprint density at radius 3 is 2.87 bits per heavy atom. The summed E-state index contributed by atoms with van der Waals surface area (Å²) >= 11 is 0. The first-order valence-corrected chi connectivity index (χ1v) is 4.62. The predicted octanol–water partition coefficient (Wildman–Crippen LogP) is 1.49. The van der Waals surface area contributed by atoms with Crippen molar-refractivity contribution in [3.63, 3.8) is 0 Å². The molecule has 0 aliphatic carbocycles. The molecule has 15 heavy (non-hydrogen) atoms. The summed E-state index contributed by atoms with van der Waals surface area (Å²) in [5, 5.41) is 12.9. The molecule has 0 spiro atoms. The zero-order chi connectivity index (χ0) is 10.8. The van der Waals surface area contributed by atoms with E-state index in [0.717, 1.165) is 5.56 Å². The Morgan fingerprint density at radius 1 is 1.47 bits per heavy atom. The van der Waals surface area contributed by atoms with E-state index in [0.29, 0.717) is 11.6 Å². The number of aliphatic hydroxyl groups excluding tert-OH is 1. The molecule has 0 radical (unpaired) electrons. The van der Waals surface area contributed by atoms with Crippen molar-refractivity contribution < 1.29 is 9.63 Å². The average Bonchev–Trinajstić information content (AvgIpc) is 2.67. The molecule has 0 bridgehead atoms. The smallest absolute Gasteiger partial charge is 0.276 e. The second-order valence-electron chi connectivity index (χ2n) is 3.30. The summed E-state index contributed by atoms with van der Waals surface area (Å²) in [6.45, 7) is 3.49. The Labute approximate surface area is 86.8 Å². The zero-order valence-corrected chi connectivity index (χ0v) is 8.51. The molecule has 0 fully saturated rings. The van der Waals surface area contributed by atoms with Gasteiger partial charge in [-0.2, -0.15) is 4.98 Å². The van der Waals surface area contributed by atoms with Gasteiger partial charge in [0.25, 0.3) is 5.89 Å². The van der Waals surface area contributed by atoms with Gasteiger partial charge in [-0.1, -0.05) is 11.2 Å². The highest BCUT2D eigenvalue weighted by Crippen LogP contribution is 2.19. The summed E-state index contributed by atoms with van der Waals surface area (Å²) in [7, 11) is 0. The SMILES string of the molecule is Cc1cccnc1-c1nc(C(C)O)no1. The van der Waals surface area contributed by atoms with Crippen LogP contribution >= 0.6 is 0 Å². The Balaban J connectivity index is 2.42. The minimum atomic E-state index is -0.730. The van der Waals surface area contributed by atoms with E-state index in [1.165, 1.54) is 0 Å². The van der Waals surface area contributed by atoms with Gasteiger partial charge in [-0.05, 0) is 25.5 Å². The lowest BCUT2D eigenvalue weighted by atomic mass is 10.2. The molecule has 0 aliphatic rings. The van der Waals surface area contributed by atoms with Crippen LogP contribution in [0.4, 0.5) is 0 Å². The van der Waals surface area contributed by atoms with Crippen molar-refractivity contribution in [3.8, 4) is 11.6 Å². The number of rotatable bonds is 2. The lowest BCUT2D eigenvalue weighted by Gasteiger charge is -1.96. The van der Waals surface area contributed by atoms with E-state index in [4.69, 9.17) is 4.52 Å². The molecule has 0 aromatic carbocycles. The fourth-order valence-electron chi connectivity index (χ4n) is 1.21. The molecule has 78 valence electrons. The fraction of sp³-hybridized carbons (Fsp3) is 0.300. The van der Waals surface area contributed by atoms with Gasteiger partial charge in [0.15, 0.2) is 5.82 Å². The van der Waals surface area contributed by atoms with Crippen molar-refractivity contribution in [2.24, 2.45) is 0 Å². The molecular formula is C10H11N3O2. The molecular weight excluding hydrogens is 194 g/mol. The molecule has 2 heterocycles. The van der Waals surface area contributed by atoms with Gasteiger partial charge < -0.3 is 9.63 Å². The lowest BCUT2D eigenvalue weighted by molar-refractivity contribution is 0.184. The largest absolute Gasteiger partial charge is 0.385 e. The van der Waals surface area contributed by atoms with Crippen molar-refractivity contribution >= 4 is 0 Å². The second kappa shape index (κ2) is 3.78. The van der Waals surface area contributed by atoms with Crippen LogP contribution in [-0.2, 0) is 0 Å². The normalized spacial score (nSPS) is 12.7. The Hall–Kier alpha value is -1.75. The van der Waals surface area contributed by atoms with Crippen molar-refractivity contribution in [3.05, 3.63) is 29.7 Å². The Morgan fingerprint density at radius 2 is 2.27 bits per heavy atom. The van der Waals surface area contributed by atoms with E-state index in [2.05, 4.69) is 15.1 Å². The molecule has 1 unspecified atom stereocenters. The maximum absolute atomic E-state index is 9.25. The highest BCUT2D eigenvalue weighted by molar-refractivity contribution is 5.51. The van der Waals surface area contributed by atoms with Crippen LogP contribution in [0.5, 0.6) is 0 Å². The summed E-state index contributed by atoms with van der Waals surface area (Å²) in [4.78, 5) is 8.19. The van der Waals surface area contributed by atoms with Crippen molar-refractivity contribution in [1.82, 2.24) is 15.1 Å². The van der Waals surface area contributed by atoms with Crippen LogP contribution in [0.2, 0.25) is 0 Å². The molecule has 1 atom stereocenters. The van der Waals surface area contributed by atoms with Crippen LogP contribution in [0, 0.1) is 6.92 Å². The van der Waals surface area contributed by atoms with Crippen LogP contribution in [0.3, 0.4) is 0 Å². The van der Waals surface area contributed by atoms with E-state index in [1.54, 1.807) is 13.1 Å². The summed E-state index contributed by atoms with van der Waals surface area (Å²) < 4.78 is 5.01. The van der Waals surface area contributed by atoms with Gasteiger partial charge in [0, 0.05) is 6.20 Å². The minimum absolute atomic E-state index is 0.273. The maximum atomic E-state index is 9.25. The van der Waals surface area contributed by atoms with Gasteiger partial charge in [0.2, 0.25) is 0 Å². The topological polar surface area (TPSA) is 72.0 Å². The van der Waals surface area contributed by atoms with E-state index in [1.807, 2.05) is 19.1 Å². The van der Waals surface area contributed by atoms with E-state index in [9.17, 15) is 5.11 Å². The molecule has 1 N–H and O–H groups in total. The van der Waals surface area contributed by atoms with E-state index < -0.39 is 6.10 Å². The van der Waals surface area contributed by atoms with Crippen molar-refractivity contribution in [2.45, 2.75) is 20.0 Å². The molecule has 0 amide bonds. The number of hydrogen-bond donors (Lipinski definition) is 1. The summed E-state index contributed by atoms with van der Waals surface area (Å²) in [6, 6.07) is 3.75. The van der Waals surface area contributed by atoms with Crippen LogP contribution in [0.25, 0.3) is 11.6 Å². The number of hydrogen-bond acceptors (Lipinski definition) is 5. The number of nitrogens with zero attached hydrogens (tertiary/aromatic N) is 3. The summed E-state index contributed by atoms with van der Waals surface area (Å²) in [5.74, 6) is 0.610. The first-order chi connectivity index (χ1) is 7.18. The highest BCUT2D eigenvalue weighted by Gasteiger charge is 2.14. The standard InChI is InChI=1S/C10H11N3O2/c1-6-4-3-5-11-8(6)10-12-9(7(2)14)13-15-10/h3-5,7,14H,1-2H3. The van der Waals surface area contributed by atoms with Crippen molar-refractivity contribution in [1.29, 1.82) is 0 Å². The van der Waals surface area contributed by atoms with E-state index in [-0.39, 0.29) is 5.82 Å². The number of pyridine rings is 1. The second-order valence-corrected chi connectivity index (χ2v) is 3.30. The molecule has 5 nitrogen and oxygen atoms in total. The molecule has 0 saturated heterocycles. The van der Waals surface area contributed by atoms with Gasteiger partial charge >= 0.3 is 0 Å². The highest BCUT2D eigenvalue weighted by atomic mass is 16.5. The predicted molar refractivity (Wildman–Crippen MR) is 52.9 cm³/mol. The average molecular weight is 205 g/mol. The van der Waals surface area contributed by atoms with Crippen LogP contribution in [0.15, 0.2) is 22.9 Å². The third-order valence-corrected chi connectivity index (χ3v) is 2.03. The number of aryl methyl sites for hydroxylation is 1. The van der Waals surface area contributed by atoms with Gasteiger partial charge in [-0.3, -0.25) is 4.98 Å². The molecule has 2 aromatic rings. The third kappa shape index (κ3) is 1.87. The first-order valence-electron chi connectivity index (χ1n) is 4.62. The summed E-state index contributed by atoms with van der Waals surface area (Å²) in [5.41, 5.74) is 1.61. The monoisotopic (exact) mass is 205 g/mol. The van der Waals surface area contributed by atoms with Gasteiger partial charge in [-0.25, -0.2) is 0 Å². The van der Waals surface area contributed by atoms with Gasteiger partial charge in [-0.15, -0.1) is 0 Å². The number of aliphatic hydroxyl groups is 1. The van der Waals surface area contributed by atoms with Crippen LogP contribution in [-0.4, -0.2) is 20.2 Å². The minimum Gasteiger partial charge on any atom is -0.385 e. The molecule has 0 saturated carbocycles. The quantitative estimate of drug-likeness (QED) is 0.804. The van der Waals surface area contributed by atoms with Gasteiger partial charge in [0.1, 0.15) is 11.8 Å². The van der Waals surface area contributed by atoms with Crippen molar-refractivity contribution in [2.75, 3.05) is 0 Å². The Kier molecular flexibility index (Phi) is 2.47. The fourth-order valence-corrected chi connectivity index (χ4v) is 1.21. The van der Waals surface area contributed by atoms with Crippen LogP contribution in [0.1, 0.15) is 24.4 Å².